The van der Waals surface area contributed by atoms with Crippen molar-refractivity contribution in [3.05, 3.63) is 18.2 Å². The Bertz CT molecular complexity index is 265. The number of nitrogens with zero attached hydrogens (tertiary/aromatic N) is 1. The maximum absolute atomic E-state index is 4.24. The van der Waals surface area contributed by atoms with Crippen molar-refractivity contribution in [2.75, 3.05) is 0 Å². The molecule has 1 rings (SSSR count). The Morgan fingerprint density at radius 1 is 0.944 bits per heavy atom. The number of rotatable bonds is 11. The summed E-state index contributed by atoms with van der Waals surface area (Å²) >= 11 is 0. The number of nitrogens with one attached hydrogen (secondary N) is 1. The molecule has 0 saturated heterocycles. The molecule has 0 radical (unpaired) electrons. The van der Waals surface area contributed by atoms with Crippen LogP contribution in [0, 0.1) is 5.92 Å². The molecule has 1 aromatic heterocycles. The van der Waals surface area contributed by atoms with Gasteiger partial charge in [-0.05, 0) is 12.3 Å². The third-order valence-corrected chi connectivity index (χ3v) is 3.50. The monoisotopic (exact) mass is 250 g/mol. The van der Waals surface area contributed by atoms with E-state index < -0.39 is 0 Å². The highest BCUT2D eigenvalue weighted by Crippen LogP contribution is 2.13. The van der Waals surface area contributed by atoms with Gasteiger partial charge in [0.25, 0.3) is 0 Å². The van der Waals surface area contributed by atoms with Crippen LogP contribution in [0.25, 0.3) is 0 Å². The van der Waals surface area contributed by atoms with Crippen molar-refractivity contribution in [3.63, 3.8) is 0 Å². The molecular weight excluding hydrogens is 220 g/mol. The van der Waals surface area contributed by atoms with Gasteiger partial charge >= 0.3 is 0 Å². The molecule has 0 spiro atoms. The third-order valence-electron chi connectivity index (χ3n) is 3.50. The number of unbranched alkanes of at least 4 members (excludes halogenated alkanes) is 7. The predicted molar refractivity (Wildman–Crippen MR) is 78.7 cm³/mol. The van der Waals surface area contributed by atoms with Crippen LogP contribution in [-0.4, -0.2) is 9.97 Å². The van der Waals surface area contributed by atoms with Gasteiger partial charge in [0.05, 0.1) is 0 Å². The lowest BCUT2D eigenvalue weighted by atomic mass is 10.0. The summed E-state index contributed by atoms with van der Waals surface area (Å²) in [6, 6.07) is 0. The normalized spacial score (nSPS) is 11.3. The number of aryl methyl sites for hydroxylation is 1. The van der Waals surface area contributed by atoms with E-state index in [-0.39, 0.29) is 0 Å². The smallest absolute Gasteiger partial charge is 0.105 e. The minimum Gasteiger partial charge on any atom is -0.349 e. The lowest BCUT2D eigenvalue weighted by Gasteiger charge is -2.04. The topological polar surface area (TPSA) is 28.7 Å². The molecule has 0 unspecified atom stereocenters. The van der Waals surface area contributed by atoms with Crippen LogP contribution in [-0.2, 0) is 6.42 Å². The number of imidazole rings is 1. The van der Waals surface area contributed by atoms with Crippen molar-refractivity contribution < 1.29 is 0 Å². The van der Waals surface area contributed by atoms with E-state index in [2.05, 4.69) is 23.8 Å². The maximum Gasteiger partial charge on any atom is 0.105 e. The summed E-state index contributed by atoms with van der Waals surface area (Å²) in [6.07, 6.45) is 17.4. The Morgan fingerprint density at radius 3 is 2.11 bits per heavy atom. The molecule has 0 bridgehead atoms. The fraction of sp³-hybridized carbons (Fsp3) is 0.812. The molecule has 0 aromatic carbocycles. The van der Waals surface area contributed by atoms with Gasteiger partial charge in [-0.15, -0.1) is 0 Å². The van der Waals surface area contributed by atoms with Crippen LogP contribution in [0.5, 0.6) is 0 Å². The van der Waals surface area contributed by atoms with Crippen molar-refractivity contribution in [3.8, 4) is 0 Å². The van der Waals surface area contributed by atoms with Gasteiger partial charge in [0.1, 0.15) is 5.82 Å². The molecule has 1 heterocycles. The van der Waals surface area contributed by atoms with Crippen LogP contribution in [0.1, 0.15) is 77.5 Å². The molecule has 2 nitrogen and oxygen atoms in total. The molecule has 1 N–H and O–H groups in total. The summed E-state index contributed by atoms with van der Waals surface area (Å²) in [7, 11) is 0. The number of hydrogen-bond donors (Lipinski definition) is 1. The van der Waals surface area contributed by atoms with E-state index >= 15 is 0 Å². The molecule has 104 valence electrons. The van der Waals surface area contributed by atoms with Crippen molar-refractivity contribution in [2.45, 2.75) is 78.1 Å². The van der Waals surface area contributed by atoms with Crippen molar-refractivity contribution >= 4 is 0 Å². The second-order valence-electron chi connectivity index (χ2n) is 5.80. The van der Waals surface area contributed by atoms with E-state index in [0.717, 1.165) is 18.2 Å². The Labute approximate surface area is 113 Å². The predicted octanol–water partition coefficient (Wildman–Crippen LogP) is 5.12. The van der Waals surface area contributed by atoms with Crippen LogP contribution in [0.15, 0.2) is 12.4 Å². The molecule has 1 aromatic rings. The summed E-state index contributed by atoms with van der Waals surface area (Å²) in [5.74, 6) is 2.02. The molecule has 18 heavy (non-hydrogen) atoms. The zero-order chi connectivity index (χ0) is 13.1. The Morgan fingerprint density at radius 2 is 1.56 bits per heavy atom. The number of H-pyrrole nitrogens is 1. The highest BCUT2D eigenvalue weighted by molar-refractivity contribution is 4.86. The SMILES string of the molecule is CC(C)CCCCCCCCCCc1ncc[nH]1. The van der Waals surface area contributed by atoms with Crippen LogP contribution in [0.4, 0.5) is 0 Å². The van der Waals surface area contributed by atoms with E-state index in [1.165, 1.54) is 57.8 Å². The van der Waals surface area contributed by atoms with Crippen LogP contribution in [0.3, 0.4) is 0 Å². The molecule has 2 heteroatoms. The number of hydrogen-bond acceptors (Lipinski definition) is 1. The van der Waals surface area contributed by atoms with Gasteiger partial charge in [-0.3, -0.25) is 0 Å². The molecule has 0 aliphatic carbocycles. The lowest BCUT2D eigenvalue weighted by Crippen LogP contribution is -1.89. The average Bonchev–Trinajstić information content (AvgIpc) is 2.84. The zero-order valence-corrected chi connectivity index (χ0v) is 12.3. The second-order valence-corrected chi connectivity index (χ2v) is 5.80. The van der Waals surface area contributed by atoms with Gasteiger partial charge in [0, 0.05) is 18.8 Å². The first-order valence-corrected chi connectivity index (χ1v) is 7.77. The highest BCUT2D eigenvalue weighted by Gasteiger charge is 1.96. The van der Waals surface area contributed by atoms with E-state index in [0.29, 0.717) is 0 Å². The van der Waals surface area contributed by atoms with Crippen LogP contribution >= 0.6 is 0 Å². The van der Waals surface area contributed by atoms with Gasteiger partial charge in [-0.2, -0.15) is 0 Å². The first kappa shape index (κ1) is 15.3. The zero-order valence-electron chi connectivity index (χ0n) is 12.3. The molecule has 0 aliphatic heterocycles. The van der Waals surface area contributed by atoms with Crippen LogP contribution in [0.2, 0.25) is 0 Å². The third kappa shape index (κ3) is 8.32. The first-order valence-electron chi connectivity index (χ1n) is 7.77. The van der Waals surface area contributed by atoms with Gasteiger partial charge in [0.2, 0.25) is 0 Å². The average molecular weight is 250 g/mol. The fourth-order valence-electron chi connectivity index (χ4n) is 2.34. The quantitative estimate of drug-likeness (QED) is 0.543. The van der Waals surface area contributed by atoms with Gasteiger partial charge in [0.15, 0.2) is 0 Å². The molecule has 0 atom stereocenters. The summed E-state index contributed by atoms with van der Waals surface area (Å²) < 4.78 is 0. The van der Waals surface area contributed by atoms with E-state index in [1.54, 1.807) is 0 Å². The summed E-state index contributed by atoms with van der Waals surface area (Å²) in [4.78, 5) is 7.40. The number of aromatic amines is 1. The Kier molecular flexibility index (Phi) is 8.62. The summed E-state index contributed by atoms with van der Waals surface area (Å²) in [6.45, 7) is 4.64. The second kappa shape index (κ2) is 10.2. The van der Waals surface area contributed by atoms with E-state index in [9.17, 15) is 0 Å². The molecule has 0 amide bonds. The van der Waals surface area contributed by atoms with E-state index in [4.69, 9.17) is 0 Å². The van der Waals surface area contributed by atoms with Crippen molar-refractivity contribution in [1.29, 1.82) is 0 Å². The number of aromatic nitrogens is 2. The standard InChI is InChI=1S/C16H30N2/c1-15(2)11-9-7-5-3-4-6-8-10-12-16-17-13-14-18-16/h13-15H,3-12H2,1-2H3,(H,17,18). The molecular formula is C16H30N2. The molecule has 0 aliphatic rings. The minimum absolute atomic E-state index is 0.881. The van der Waals surface area contributed by atoms with Gasteiger partial charge < -0.3 is 4.98 Å². The largest absolute Gasteiger partial charge is 0.349 e. The highest BCUT2D eigenvalue weighted by atomic mass is 14.9. The van der Waals surface area contributed by atoms with Crippen molar-refractivity contribution in [1.82, 2.24) is 9.97 Å². The summed E-state index contributed by atoms with van der Waals surface area (Å²) in [5, 5.41) is 0. The maximum atomic E-state index is 4.24. The Balaban J connectivity index is 1.76. The Hall–Kier alpha value is -0.790. The molecule has 0 fully saturated rings. The van der Waals surface area contributed by atoms with Crippen LogP contribution < -0.4 is 0 Å². The van der Waals surface area contributed by atoms with Crippen molar-refractivity contribution in [2.24, 2.45) is 5.92 Å². The summed E-state index contributed by atoms with van der Waals surface area (Å²) in [5.41, 5.74) is 0. The van der Waals surface area contributed by atoms with Gasteiger partial charge in [-0.25, -0.2) is 4.98 Å². The fourth-order valence-corrected chi connectivity index (χ4v) is 2.34. The minimum atomic E-state index is 0.881. The van der Waals surface area contributed by atoms with E-state index in [1.807, 2.05) is 12.4 Å². The first-order chi connectivity index (χ1) is 8.79. The van der Waals surface area contributed by atoms with Gasteiger partial charge in [-0.1, -0.05) is 65.2 Å². The molecule has 0 saturated carbocycles. The lowest BCUT2D eigenvalue weighted by molar-refractivity contribution is 0.507.